The Morgan fingerprint density at radius 1 is 1.10 bits per heavy atom. The molecule has 2 aliphatic rings. The Labute approximate surface area is 229 Å². The molecule has 1 aliphatic heterocycles. The van der Waals surface area contributed by atoms with Crippen molar-refractivity contribution >= 4 is 21.7 Å². The number of carbonyl (C=O) groups is 1. The van der Waals surface area contributed by atoms with Gasteiger partial charge in [0, 0.05) is 29.8 Å². The highest BCUT2D eigenvalue weighted by atomic mass is 32.2. The third-order valence-corrected chi connectivity index (χ3v) is 8.85. The van der Waals surface area contributed by atoms with Crippen LogP contribution in [0.1, 0.15) is 57.3 Å². The second-order valence-electron chi connectivity index (χ2n) is 11.6. The number of ether oxygens (including phenoxy) is 2. The Bertz CT molecular complexity index is 1480. The molecule has 11 heteroatoms. The minimum Gasteiger partial charge on any atom is -0.497 e. The third-order valence-electron chi connectivity index (χ3n) is 7.50. The van der Waals surface area contributed by atoms with Gasteiger partial charge in [-0.3, -0.25) is 4.79 Å². The molecule has 2 aromatic heterocycles. The number of carbonyl (C=O) groups excluding carboxylic acids is 1. The molecule has 1 aromatic carbocycles. The van der Waals surface area contributed by atoms with Crippen LogP contribution in [0.15, 0.2) is 53.6 Å². The van der Waals surface area contributed by atoms with Crippen LogP contribution in [-0.2, 0) is 10.0 Å². The van der Waals surface area contributed by atoms with E-state index in [-0.39, 0.29) is 21.4 Å². The maximum Gasteiger partial charge on any atom is 0.268 e. The van der Waals surface area contributed by atoms with Crippen LogP contribution in [0, 0.1) is 11.3 Å². The molecule has 5 rings (SSSR count). The maximum absolute atomic E-state index is 13.4. The molecule has 0 bridgehead atoms. The number of benzene rings is 1. The molecule has 3 heterocycles. The van der Waals surface area contributed by atoms with Crippen molar-refractivity contribution in [3.8, 4) is 17.4 Å². The zero-order valence-corrected chi connectivity index (χ0v) is 23.8. The smallest absolute Gasteiger partial charge is 0.268 e. The first-order valence-corrected chi connectivity index (χ1v) is 14.6. The van der Waals surface area contributed by atoms with E-state index in [4.69, 9.17) is 14.5 Å². The van der Waals surface area contributed by atoms with Crippen molar-refractivity contribution in [1.82, 2.24) is 19.5 Å². The molecule has 1 saturated heterocycles. The molecule has 0 spiro atoms. The lowest BCUT2D eigenvalue weighted by Crippen LogP contribution is -2.41. The van der Waals surface area contributed by atoms with Gasteiger partial charge in [0.1, 0.15) is 11.6 Å². The average molecular weight is 554 g/mol. The van der Waals surface area contributed by atoms with Crippen molar-refractivity contribution < 1.29 is 22.7 Å². The van der Waals surface area contributed by atoms with Crippen molar-refractivity contribution in [2.24, 2.45) is 11.3 Å². The first kappa shape index (κ1) is 27.0. The molecule has 10 nitrogen and oxygen atoms in total. The van der Waals surface area contributed by atoms with E-state index in [9.17, 15) is 13.2 Å². The predicted molar refractivity (Wildman–Crippen MR) is 147 cm³/mol. The zero-order valence-electron chi connectivity index (χ0n) is 23.0. The van der Waals surface area contributed by atoms with Gasteiger partial charge in [0.2, 0.25) is 5.88 Å². The highest BCUT2D eigenvalue weighted by Crippen LogP contribution is 2.45. The van der Waals surface area contributed by atoms with Gasteiger partial charge >= 0.3 is 0 Å². The molecule has 39 heavy (non-hydrogen) atoms. The zero-order chi connectivity index (χ0) is 28.0. The molecular weight excluding hydrogens is 518 g/mol. The number of rotatable bonds is 9. The molecule has 1 aliphatic carbocycles. The van der Waals surface area contributed by atoms with Crippen LogP contribution in [0.3, 0.4) is 0 Å². The summed E-state index contributed by atoms with van der Waals surface area (Å²) in [6.45, 7) is 9.83. The molecule has 1 amide bonds. The van der Waals surface area contributed by atoms with E-state index in [0.29, 0.717) is 42.3 Å². The number of sulfonamides is 1. The maximum atomic E-state index is 13.4. The van der Waals surface area contributed by atoms with E-state index in [2.05, 4.69) is 42.4 Å². The molecule has 1 atom stereocenters. The van der Waals surface area contributed by atoms with Crippen molar-refractivity contribution in [3.05, 3.63) is 54.2 Å². The number of nitrogens with zero attached hydrogens (tertiary/aromatic N) is 4. The number of methoxy groups -OCH3 is 1. The summed E-state index contributed by atoms with van der Waals surface area (Å²) in [5, 5.41) is 4.52. The van der Waals surface area contributed by atoms with Crippen LogP contribution in [0.4, 0.5) is 5.82 Å². The number of nitrogens with one attached hydrogen (secondary N) is 1. The Kier molecular flexibility index (Phi) is 6.82. The van der Waals surface area contributed by atoms with Crippen LogP contribution in [0.25, 0.3) is 5.82 Å². The summed E-state index contributed by atoms with van der Waals surface area (Å²) in [5.74, 6) is 1.56. The SMILES string of the molecule is COc1ccc(S(=O)(=O)NC(=O)c2ccc(-n3ccc(OCC4(C)CC4)n3)nc2N2C[C@@H](C)CC2(C)C)cc1. The molecule has 1 saturated carbocycles. The van der Waals surface area contributed by atoms with Crippen LogP contribution in [0.5, 0.6) is 11.6 Å². The van der Waals surface area contributed by atoms with Gasteiger partial charge in [-0.1, -0.05) is 13.8 Å². The molecule has 0 unspecified atom stereocenters. The molecular formula is C28H35N5O5S. The lowest BCUT2D eigenvalue weighted by Gasteiger charge is -2.34. The normalized spacial score (nSPS) is 19.5. The Balaban J connectivity index is 1.46. The second-order valence-corrected chi connectivity index (χ2v) is 13.3. The summed E-state index contributed by atoms with van der Waals surface area (Å²) in [7, 11) is -2.62. The van der Waals surface area contributed by atoms with Crippen molar-refractivity contribution in [2.75, 3.05) is 25.2 Å². The highest BCUT2D eigenvalue weighted by Gasteiger charge is 2.40. The van der Waals surface area contributed by atoms with Gasteiger partial charge in [0.15, 0.2) is 5.82 Å². The molecule has 0 radical (unpaired) electrons. The topological polar surface area (TPSA) is 116 Å². The first-order valence-electron chi connectivity index (χ1n) is 13.1. The summed E-state index contributed by atoms with van der Waals surface area (Å²) in [6, 6.07) is 10.9. The van der Waals surface area contributed by atoms with E-state index in [1.807, 2.05) is 0 Å². The quantitative estimate of drug-likeness (QED) is 0.419. The van der Waals surface area contributed by atoms with Gasteiger partial charge in [-0.05, 0) is 75.4 Å². The Morgan fingerprint density at radius 3 is 2.44 bits per heavy atom. The minimum absolute atomic E-state index is 0.0398. The van der Waals surface area contributed by atoms with E-state index in [1.165, 1.54) is 31.4 Å². The average Bonchev–Trinajstić information content (AvgIpc) is 3.31. The summed E-state index contributed by atoms with van der Waals surface area (Å²) in [5.41, 5.74) is 0.116. The summed E-state index contributed by atoms with van der Waals surface area (Å²) >= 11 is 0. The third kappa shape index (κ3) is 5.73. The predicted octanol–water partition coefficient (Wildman–Crippen LogP) is 4.20. The van der Waals surface area contributed by atoms with Crippen molar-refractivity contribution in [1.29, 1.82) is 0 Å². The van der Waals surface area contributed by atoms with Gasteiger partial charge < -0.3 is 14.4 Å². The fourth-order valence-electron chi connectivity index (χ4n) is 5.02. The molecule has 208 valence electrons. The standard InChI is InChI=1S/C28H35N5O5S/c1-19-16-27(2,3)32(17-19)25-22(26(34)31-39(35,36)21-8-6-20(37-5)7-9-21)10-11-23(29-25)33-15-12-24(30-33)38-18-28(4)13-14-28/h6-12,15,19H,13-14,16-18H2,1-5H3,(H,31,34)/t19-/m0/s1. The van der Waals surface area contributed by atoms with Gasteiger partial charge in [-0.2, -0.15) is 0 Å². The second kappa shape index (κ2) is 9.86. The minimum atomic E-state index is -4.12. The van der Waals surface area contributed by atoms with Gasteiger partial charge in [-0.15, -0.1) is 5.10 Å². The van der Waals surface area contributed by atoms with E-state index < -0.39 is 15.9 Å². The monoisotopic (exact) mass is 553 g/mol. The first-order chi connectivity index (χ1) is 18.4. The van der Waals surface area contributed by atoms with Crippen LogP contribution in [-0.4, -0.2) is 54.9 Å². The Hall–Kier alpha value is -3.60. The van der Waals surface area contributed by atoms with Gasteiger partial charge in [0.25, 0.3) is 15.9 Å². The summed E-state index contributed by atoms with van der Waals surface area (Å²) in [6.07, 6.45) is 4.98. The van der Waals surface area contributed by atoms with Gasteiger partial charge in [0.05, 0.1) is 24.2 Å². The fourth-order valence-corrected chi connectivity index (χ4v) is 5.98. The largest absolute Gasteiger partial charge is 0.497 e. The number of hydrogen-bond acceptors (Lipinski definition) is 8. The number of pyridine rings is 1. The van der Waals surface area contributed by atoms with Crippen LogP contribution >= 0.6 is 0 Å². The number of hydrogen-bond donors (Lipinski definition) is 1. The fraction of sp³-hybridized carbons (Fsp3) is 0.464. The van der Waals surface area contributed by atoms with Crippen LogP contribution in [0.2, 0.25) is 0 Å². The lowest BCUT2D eigenvalue weighted by molar-refractivity contribution is 0.0981. The lowest BCUT2D eigenvalue weighted by atomic mass is 9.97. The van der Waals surface area contributed by atoms with E-state index >= 15 is 0 Å². The molecule has 3 aromatic rings. The van der Waals surface area contributed by atoms with Gasteiger partial charge in [-0.25, -0.2) is 22.8 Å². The number of amides is 1. The van der Waals surface area contributed by atoms with Crippen LogP contribution < -0.4 is 19.1 Å². The number of anilines is 1. The summed E-state index contributed by atoms with van der Waals surface area (Å²) < 4.78 is 40.8. The Morgan fingerprint density at radius 2 is 1.82 bits per heavy atom. The highest BCUT2D eigenvalue weighted by molar-refractivity contribution is 7.90. The van der Waals surface area contributed by atoms with Crippen molar-refractivity contribution in [2.45, 2.75) is 57.4 Å². The summed E-state index contributed by atoms with van der Waals surface area (Å²) in [4.78, 5) is 20.3. The number of aromatic nitrogens is 3. The van der Waals surface area contributed by atoms with E-state index in [0.717, 1.165) is 19.3 Å². The molecule has 2 fully saturated rings. The van der Waals surface area contributed by atoms with Crippen molar-refractivity contribution in [3.63, 3.8) is 0 Å². The van der Waals surface area contributed by atoms with E-state index in [1.54, 1.807) is 29.1 Å². The molecule has 1 N–H and O–H groups in total.